The van der Waals surface area contributed by atoms with E-state index < -0.39 is 17.6 Å². The van der Waals surface area contributed by atoms with Crippen molar-refractivity contribution in [3.63, 3.8) is 0 Å². The number of nitrogens with one attached hydrogen (secondary N) is 2. The average molecular weight is 375 g/mol. The summed E-state index contributed by atoms with van der Waals surface area (Å²) in [6.45, 7) is 7.46. The van der Waals surface area contributed by atoms with E-state index in [1.165, 1.54) is 12.1 Å². The first-order chi connectivity index (χ1) is 12.7. The van der Waals surface area contributed by atoms with Gasteiger partial charge in [-0.15, -0.1) is 0 Å². The highest BCUT2D eigenvalue weighted by Crippen LogP contribution is 2.29. The van der Waals surface area contributed by atoms with Gasteiger partial charge in [-0.1, -0.05) is 24.8 Å². The van der Waals surface area contributed by atoms with Crippen molar-refractivity contribution in [2.45, 2.75) is 26.1 Å². The van der Waals surface area contributed by atoms with Crippen LogP contribution < -0.4 is 10.6 Å². The summed E-state index contributed by atoms with van der Waals surface area (Å²) in [4.78, 5) is 16.3. The lowest BCUT2D eigenvalue weighted by atomic mass is 10.1. The molecule has 0 heterocycles. The lowest BCUT2D eigenvalue weighted by molar-refractivity contribution is -0.137. The molecule has 0 radical (unpaired) electrons. The van der Waals surface area contributed by atoms with Crippen LogP contribution >= 0.6 is 0 Å². The number of alkyl halides is 3. The molecule has 27 heavy (non-hydrogen) atoms. The maximum absolute atomic E-state index is 12.8. The molecule has 0 bridgehead atoms. The van der Waals surface area contributed by atoms with Crippen LogP contribution in [-0.2, 0) is 6.18 Å². The van der Waals surface area contributed by atoms with Crippen LogP contribution in [0.25, 0.3) is 0 Å². The molecule has 4 nitrogen and oxygen atoms in total. The fourth-order valence-corrected chi connectivity index (χ4v) is 2.45. The molecule has 1 amide bonds. The Kier molecular flexibility index (Phi) is 6.39. The SMILES string of the molecule is C=C(N=CC)NC(C)c1cccc(NC(=O)c2cccc(C(F)(F)F)c2)c1. The lowest BCUT2D eigenvalue weighted by Crippen LogP contribution is -2.17. The van der Waals surface area contributed by atoms with Crippen molar-refractivity contribution in [3.8, 4) is 0 Å². The minimum Gasteiger partial charge on any atom is -0.364 e. The molecule has 142 valence electrons. The Balaban J connectivity index is 2.14. The number of halogens is 3. The summed E-state index contributed by atoms with van der Waals surface area (Å²) >= 11 is 0. The Bertz CT molecular complexity index is 860. The summed E-state index contributed by atoms with van der Waals surface area (Å²) in [7, 11) is 0. The fourth-order valence-electron chi connectivity index (χ4n) is 2.45. The minimum absolute atomic E-state index is 0.0629. The maximum Gasteiger partial charge on any atom is 0.416 e. The first kappa shape index (κ1) is 20.2. The molecule has 0 spiro atoms. The third-order valence-electron chi connectivity index (χ3n) is 3.76. The Morgan fingerprint density at radius 1 is 1.19 bits per heavy atom. The number of aliphatic imine (C=N–C) groups is 1. The van der Waals surface area contributed by atoms with Crippen molar-refractivity contribution in [1.29, 1.82) is 0 Å². The van der Waals surface area contributed by atoms with Gasteiger partial charge in [0.1, 0.15) is 5.82 Å². The minimum atomic E-state index is -4.50. The average Bonchev–Trinajstić information content (AvgIpc) is 2.61. The quantitative estimate of drug-likeness (QED) is 0.685. The third kappa shape index (κ3) is 5.70. The molecule has 2 aromatic carbocycles. The smallest absolute Gasteiger partial charge is 0.364 e. The molecule has 0 fully saturated rings. The molecular formula is C20H20F3N3O. The van der Waals surface area contributed by atoms with Gasteiger partial charge in [-0.2, -0.15) is 13.2 Å². The molecular weight excluding hydrogens is 355 g/mol. The number of rotatable bonds is 6. The van der Waals surface area contributed by atoms with Crippen LogP contribution in [0.1, 0.15) is 41.4 Å². The van der Waals surface area contributed by atoms with Crippen molar-refractivity contribution < 1.29 is 18.0 Å². The normalized spacial score (nSPS) is 12.6. The number of hydrogen-bond donors (Lipinski definition) is 2. The lowest BCUT2D eigenvalue weighted by Gasteiger charge is -2.16. The van der Waals surface area contributed by atoms with Crippen molar-refractivity contribution in [2.75, 3.05) is 5.32 Å². The van der Waals surface area contributed by atoms with Crippen LogP contribution in [0, 0.1) is 0 Å². The van der Waals surface area contributed by atoms with Gasteiger partial charge in [0, 0.05) is 23.5 Å². The van der Waals surface area contributed by atoms with Crippen LogP contribution in [0.15, 0.2) is 65.9 Å². The van der Waals surface area contributed by atoms with E-state index in [2.05, 4.69) is 22.2 Å². The number of benzene rings is 2. The van der Waals surface area contributed by atoms with Crippen molar-refractivity contribution in [2.24, 2.45) is 4.99 Å². The fraction of sp³-hybridized carbons (Fsp3) is 0.200. The Hall–Kier alpha value is -3.09. The summed E-state index contributed by atoms with van der Waals surface area (Å²) in [6, 6.07) is 11.2. The van der Waals surface area contributed by atoms with E-state index >= 15 is 0 Å². The largest absolute Gasteiger partial charge is 0.416 e. The maximum atomic E-state index is 12.8. The van der Waals surface area contributed by atoms with Gasteiger partial charge in [0.05, 0.1) is 5.56 Å². The van der Waals surface area contributed by atoms with Crippen molar-refractivity contribution in [3.05, 3.63) is 77.6 Å². The molecule has 0 aromatic heterocycles. The van der Waals surface area contributed by atoms with E-state index in [0.717, 1.165) is 17.7 Å². The molecule has 1 unspecified atom stereocenters. The molecule has 1 atom stereocenters. The number of carbonyl (C=O) groups excluding carboxylic acids is 1. The molecule has 0 aliphatic carbocycles. The number of hydrogen-bond acceptors (Lipinski definition) is 3. The molecule has 0 saturated heterocycles. The van der Waals surface area contributed by atoms with Crippen LogP contribution in [0.4, 0.5) is 18.9 Å². The number of nitrogens with zero attached hydrogens (tertiary/aromatic N) is 1. The van der Waals surface area contributed by atoms with Gasteiger partial charge in [-0.25, -0.2) is 4.99 Å². The topological polar surface area (TPSA) is 53.5 Å². The second kappa shape index (κ2) is 8.53. The van der Waals surface area contributed by atoms with E-state index in [-0.39, 0.29) is 11.6 Å². The molecule has 2 rings (SSSR count). The van der Waals surface area contributed by atoms with Crippen molar-refractivity contribution in [1.82, 2.24) is 5.32 Å². The second-order valence-corrected chi connectivity index (χ2v) is 5.86. The summed E-state index contributed by atoms with van der Waals surface area (Å²) in [5, 5.41) is 5.73. The van der Waals surface area contributed by atoms with E-state index in [1.54, 1.807) is 31.3 Å². The van der Waals surface area contributed by atoms with Gasteiger partial charge in [0.2, 0.25) is 0 Å². The third-order valence-corrected chi connectivity index (χ3v) is 3.76. The van der Waals surface area contributed by atoms with Gasteiger partial charge in [0.15, 0.2) is 0 Å². The van der Waals surface area contributed by atoms with Gasteiger partial charge in [-0.3, -0.25) is 4.79 Å². The standard InChI is InChI=1S/C20H20F3N3O/c1-4-24-14(3)25-13(2)15-7-6-10-18(12-15)26-19(27)16-8-5-9-17(11-16)20(21,22)23/h4-13,25H,3H2,1-2H3,(H,26,27). The molecule has 0 aliphatic heterocycles. The number of carbonyl (C=O) groups is 1. The molecule has 2 aromatic rings. The van der Waals surface area contributed by atoms with E-state index in [1.807, 2.05) is 13.0 Å². The molecule has 0 saturated carbocycles. The Morgan fingerprint density at radius 3 is 2.56 bits per heavy atom. The molecule has 2 N–H and O–H groups in total. The summed E-state index contributed by atoms with van der Waals surface area (Å²) < 4.78 is 38.4. The predicted octanol–water partition coefficient (Wildman–Crippen LogP) is 5.17. The van der Waals surface area contributed by atoms with Crippen LogP contribution in [0.2, 0.25) is 0 Å². The second-order valence-electron chi connectivity index (χ2n) is 5.86. The zero-order chi connectivity index (χ0) is 20.0. The van der Waals surface area contributed by atoms with Gasteiger partial charge >= 0.3 is 6.18 Å². The van der Waals surface area contributed by atoms with Crippen molar-refractivity contribution >= 4 is 17.8 Å². The highest BCUT2D eigenvalue weighted by atomic mass is 19.4. The first-order valence-electron chi connectivity index (χ1n) is 8.23. The van der Waals surface area contributed by atoms with E-state index in [4.69, 9.17) is 0 Å². The Morgan fingerprint density at radius 2 is 1.89 bits per heavy atom. The monoisotopic (exact) mass is 375 g/mol. The number of anilines is 1. The number of amides is 1. The highest BCUT2D eigenvalue weighted by Gasteiger charge is 2.30. The zero-order valence-corrected chi connectivity index (χ0v) is 15.0. The predicted molar refractivity (Wildman–Crippen MR) is 101 cm³/mol. The van der Waals surface area contributed by atoms with E-state index in [0.29, 0.717) is 11.5 Å². The van der Waals surface area contributed by atoms with Crippen LogP contribution in [-0.4, -0.2) is 12.1 Å². The van der Waals surface area contributed by atoms with Gasteiger partial charge < -0.3 is 10.6 Å². The molecule has 0 aliphatic rings. The molecule has 7 heteroatoms. The first-order valence-corrected chi connectivity index (χ1v) is 8.23. The van der Waals surface area contributed by atoms with Crippen LogP contribution in [0.3, 0.4) is 0 Å². The zero-order valence-electron chi connectivity index (χ0n) is 15.0. The summed E-state index contributed by atoms with van der Waals surface area (Å²) in [6.07, 6.45) is -2.88. The Labute approximate surface area is 155 Å². The van der Waals surface area contributed by atoms with Gasteiger partial charge in [0.25, 0.3) is 5.91 Å². The highest BCUT2D eigenvalue weighted by molar-refractivity contribution is 6.04. The summed E-state index contributed by atoms with van der Waals surface area (Å²) in [5.41, 5.74) is 0.418. The van der Waals surface area contributed by atoms with Crippen LogP contribution in [0.5, 0.6) is 0 Å². The summed E-state index contributed by atoms with van der Waals surface area (Å²) in [5.74, 6) is -0.109. The van der Waals surface area contributed by atoms with Gasteiger partial charge in [-0.05, 0) is 49.7 Å². The van der Waals surface area contributed by atoms with E-state index in [9.17, 15) is 18.0 Å².